The van der Waals surface area contributed by atoms with E-state index in [0.29, 0.717) is 29.4 Å². The van der Waals surface area contributed by atoms with Gasteiger partial charge in [0, 0.05) is 38.6 Å². The number of carbonyl (C=O) groups excluding carboxylic acids is 1. The Morgan fingerprint density at radius 2 is 1.82 bits per heavy atom. The molecule has 1 fully saturated rings. The van der Waals surface area contributed by atoms with E-state index in [1.165, 1.54) is 22.6 Å². The average Bonchev–Trinajstić information content (AvgIpc) is 3.49. The number of piperidine rings is 1. The smallest absolute Gasteiger partial charge is 0.244 e. The van der Waals surface area contributed by atoms with E-state index in [4.69, 9.17) is 5.73 Å². The number of pyridine rings is 1. The van der Waals surface area contributed by atoms with Crippen molar-refractivity contribution in [2.24, 2.45) is 7.05 Å². The number of anilines is 2. The Morgan fingerprint density at radius 1 is 1.11 bits per heavy atom. The number of ketones is 1. The summed E-state index contributed by atoms with van der Waals surface area (Å²) in [5.74, 6) is -2.97. The van der Waals surface area contributed by atoms with E-state index >= 15 is 0 Å². The van der Waals surface area contributed by atoms with Crippen LogP contribution in [0, 0.1) is 11.6 Å². The minimum atomic E-state index is -3.74. The SMILES string of the molecule is Cn1cnc(-c2ccc(S(=O)(=O)N3CCC(Nc4nc(N)c(C(=O)c5c(F)cccc5F)s4)CC3)cn2)c1. The lowest BCUT2D eigenvalue weighted by Crippen LogP contribution is -2.42. The van der Waals surface area contributed by atoms with Crippen LogP contribution < -0.4 is 11.1 Å². The van der Waals surface area contributed by atoms with Crippen LogP contribution in [0.3, 0.4) is 0 Å². The molecule has 1 aliphatic rings. The summed E-state index contributed by atoms with van der Waals surface area (Å²) in [5, 5.41) is 3.48. The van der Waals surface area contributed by atoms with Gasteiger partial charge in [0.15, 0.2) is 5.13 Å². The molecule has 0 bridgehead atoms. The minimum Gasteiger partial charge on any atom is -0.382 e. The van der Waals surface area contributed by atoms with Crippen molar-refractivity contribution in [1.29, 1.82) is 0 Å². The summed E-state index contributed by atoms with van der Waals surface area (Å²) in [6, 6.07) is 6.18. The number of aryl methyl sites for hydroxylation is 1. The van der Waals surface area contributed by atoms with Crippen LogP contribution >= 0.6 is 11.3 Å². The molecular weight excluding hydrogens is 536 g/mol. The molecule has 3 N–H and O–H groups in total. The highest BCUT2D eigenvalue weighted by Crippen LogP contribution is 2.31. The number of sulfonamides is 1. The lowest BCUT2D eigenvalue weighted by molar-refractivity contribution is 0.103. The number of nitrogen functional groups attached to an aromatic ring is 1. The van der Waals surface area contributed by atoms with E-state index in [-0.39, 0.29) is 34.7 Å². The molecule has 1 aliphatic heterocycles. The van der Waals surface area contributed by atoms with E-state index in [2.05, 4.69) is 20.3 Å². The first-order valence-electron chi connectivity index (χ1n) is 11.6. The average molecular weight is 560 g/mol. The lowest BCUT2D eigenvalue weighted by Gasteiger charge is -2.31. The number of rotatable bonds is 7. The van der Waals surface area contributed by atoms with Gasteiger partial charge in [-0.15, -0.1) is 0 Å². The van der Waals surface area contributed by atoms with Gasteiger partial charge in [0.25, 0.3) is 0 Å². The summed E-state index contributed by atoms with van der Waals surface area (Å²) < 4.78 is 57.6. The van der Waals surface area contributed by atoms with Crippen molar-refractivity contribution >= 4 is 38.1 Å². The predicted octanol–water partition coefficient (Wildman–Crippen LogP) is 3.30. The van der Waals surface area contributed by atoms with Crippen molar-refractivity contribution in [3.05, 3.63) is 71.1 Å². The normalized spacial score (nSPS) is 15.0. The second-order valence-electron chi connectivity index (χ2n) is 8.79. The van der Waals surface area contributed by atoms with Crippen LogP contribution in [0.1, 0.15) is 28.1 Å². The van der Waals surface area contributed by atoms with Gasteiger partial charge in [-0.25, -0.2) is 27.2 Å². The summed E-state index contributed by atoms with van der Waals surface area (Å²) >= 11 is 0.901. The third-order valence-electron chi connectivity index (χ3n) is 6.17. The molecule has 0 atom stereocenters. The molecule has 5 rings (SSSR count). The van der Waals surface area contributed by atoms with Gasteiger partial charge in [0.1, 0.15) is 32.9 Å². The molecule has 0 saturated carbocycles. The van der Waals surface area contributed by atoms with E-state index in [1.54, 1.807) is 23.2 Å². The first-order chi connectivity index (χ1) is 18.1. The van der Waals surface area contributed by atoms with Gasteiger partial charge in [0.2, 0.25) is 15.8 Å². The molecule has 4 heterocycles. The third-order valence-corrected chi connectivity index (χ3v) is 9.06. The second kappa shape index (κ2) is 10.2. The number of halogens is 2. The highest BCUT2D eigenvalue weighted by Gasteiger charge is 2.31. The Labute approximate surface area is 221 Å². The van der Waals surface area contributed by atoms with E-state index in [9.17, 15) is 22.0 Å². The van der Waals surface area contributed by atoms with E-state index < -0.39 is 33.0 Å². The largest absolute Gasteiger partial charge is 0.382 e. The number of benzene rings is 1. The fourth-order valence-electron chi connectivity index (χ4n) is 4.18. The lowest BCUT2D eigenvalue weighted by atomic mass is 10.1. The fraction of sp³-hybridized carbons (Fsp3) is 0.250. The first-order valence-corrected chi connectivity index (χ1v) is 13.8. The predicted molar refractivity (Wildman–Crippen MR) is 138 cm³/mol. The Kier molecular flexibility index (Phi) is 6.94. The maximum Gasteiger partial charge on any atom is 0.244 e. The summed E-state index contributed by atoms with van der Waals surface area (Å²) in [4.78, 5) is 25.3. The molecule has 1 aromatic carbocycles. The molecular formula is C24H23F2N7O3S2. The molecule has 10 nitrogen and oxygen atoms in total. The van der Waals surface area contributed by atoms with Crippen LogP contribution in [-0.2, 0) is 17.1 Å². The van der Waals surface area contributed by atoms with E-state index in [0.717, 1.165) is 23.5 Å². The van der Waals surface area contributed by atoms with Crippen molar-refractivity contribution in [2.75, 3.05) is 24.1 Å². The molecule has 198 valence electrons. The molecule has 14 heteroatoms. The Morgan fingerprint density at radius 3 is 2.42 bits per heavy atom. The number of hydrogen-bond donors (Lipinski definition) is 2. The Balaban J connectivity index is 1.22. The number of aromatic nitrogens is 4. The van der Waals surface area contributed by atoms with Crippen molar-refractivity contribution in [3.63, 3.8) is 0 Å². The molecule has 0 unspecified atom stereocenters. The number of hydrogen-bond acceptors (Lipinski definition) is 9. The molecule has 0 amide bonds. The minimum absolute atomic E-state index is 0.0711. The summed E-state index contributed by atoms with van der Waals surface area (Å²) in [6.45, 7) is 0.518. The third kappa shape index (κ3) is 5.01. The number of nitrogens with one attached hydrogen (secondary N) is 1. The van der Waals surface area contributed by atoms with Crippen LogP contribution in [0.15, 0.2) is 53.9 Å². The number of nitrogens with zero attached hydrogens (tertiary/aromatic N) is 5. The van der Waals surface area contributed by atoms with Gasteiger partial charge >= 0.3 is 0 Å². The number of nitrogens with two attached hydrogens (primary N) is 1. The molecule has 38 heavy (non-hydrogen) atoms. The summed E-state index contributed by atoms with van der Waals surface area (Å²) in [7, 11) is -1.90. The van der Waals surface area contributed by atoms with Gasteiger partial charge < -0.3 is 15.6 Å². The molecule has 0 radical (unpaired) electrons. The number of carbonyl (C=O) groups is 1. The van der Waals surface area contributed by atoms with Gasteiger partial charge in [-0.05, 0) is 37.1 Å². The maximum atomic E-state index is 14.1. The highest BCUT2D eigenvalue weighted by atomic mass is 32.2. The monoisotopic (exact) mass is 559 g/mol. The molecule has 0 aliphatic carbocycles. The van der Waals surface area contributed by atoms with Crippen LogP contribution in [0.25, 0.3) is 11.4 Å². The molecule has 1 saturated heterocycles. The second-order valence-corrected chi connectivity index (χ2v) is 11.7. The Hall–Kier alpha value is -3.75. The van der Waals surface area contributed by atoms with Crippen LogP contribution in [0.5, 0.6) is 0 Å². The van der Waals surface area contributed by atoms with Gasteiger partial charge in [0.05, 0.1) is 17.6 Å². The van der Waals surface area contributed by atoms with Gasteiger partial charge in [-0.3, -0.25) is 9.78 Å². The highest BCUT2D eigenvalue weighted by molar-refractivity contribution is 7.89. The molecule has 4 aromatic rings. The zero-order valence-electron chi connectivity index (χ0n) is 20.1. The topological polar surface area (TPSA) is 136 Å². The summed E-state index contributed by atoms with van der Waals surface area (Å²) in [5.41, 5.74) is 6.41. The quantitative estimate of drug-likeness (QED) is 0.329. The molecule has 0 spiro atoms. The van der Waals surface area contributed by atoms with Crippen molar-refractivity contribution in [3.8, 4) is 11.4 Å². The number of thiazole rings is 1. The number of imidazole rings is 1. The standard InChI is InChI=1S/C24H23F2N7O3S2/c1-32-12-19(29-13-32)18-6-5-15(11-28-18)38(35,36)33-9-7-14(8-10-33)30-24-31-23(27)22(37-24)21(34)20-16(25)3-2-4-17(20)26/h2-6,11-14H,7-10,27H2,1H3,(H,30,31). The van der Waals surface area contributed by atoms with Gasteiger partial charge in [-0.1, -0.05) is 17.4 Å². The fourth-order valence-corrected chi connectivity index (χ4v) is 6.50. The summed E-state index contributed by atoms with van der Waals surface area (Å²) in [6.07, 6.45) is 5.72. The van der Waals surface area contributed by atoms with E-state index in [1.807, 2.05) is 7.05 Å². The van der Waals surface area contributed by atoms with Crippen LogP contribution in [0.4, 0.5) is 19.7 Å². The van der Waals surface area contributed by atoms with Crippen LogP contribution in [0.2, 0.25) is 0 Å². The Bertz CT molecular complexity index is 1580. The van der Waals surface area contributed by atoms with Crippen molar-refractivity contribution in [1.82, 2.24) is 23.8 Å². The van der Waals surface area contributed by atoms with Crippen molar-refractivity contribution < 1.29 is 22.0 Å². The van der Waals surface area contributed by atoms with Crippen LogP contribution in [-0.4, -0.2) is 57.2 Å². The van der Waals surface area contributed by atoms with Crippen molar-refractivity contribution in [2.45, 2.75) is 23.8 Å². The zero-order valence-corrected chi connectivity index (χ0v) is 21.8. The maximum absolute atomic E-state index is 14.1. The molecule has 3 aromatic heterocycles. The first kappa shape index (κ1) is 25.9. The van der Waals surface area contributed by atoms with Gasteiger partial charge in [-0.2, -0.15) is 4.31 Å². The zero-order chi connectivity index (χ0) is 27.0.